The Morgan fingerprint density at radius 1 is 1.20 bits per heavy atom. The topological polar surface area (TPSA) is 73.1 Å². The van der Waals surface area contributed by atoms with E-state index in [2.05, 4.69) is 26.5 Å². The molecule has 1 N–H and O–H groups in total. The minimum atomic E-state index is 0. The first-order valence-corrected chi connectivity index (χ1v) is 9.82. The molecule has 0 bridgehead atoms. The fourth-order valence-corrected chi connectivity index (χ4v) is 3.83. The molecule has 0 saturated carbocycles. The predicted octanol–water partition coefficient (Wildman–Crippen LogP) is 2.67. The first-order valence-electron chi connectivity index (χ1n) is 9.82. The zero-order chi connectivity index (χ0) is 20.8. The number of aromatic nitrogens is 2. The SMILES string of the molecule is CN=C(NCCc1c(OC)cc(OC)cc1OC)N1CCC(c2cnn(C)c2)C1.I. The maximum atomic E-state index is 5.54. The van der Waals surface area contributed by atoms with E-state index in [0.717, 1.165) is 55.5 Å². The average molecular weight is 529 g/mol. The van der Waals surface area contributed by atoms with Gasteiger partial charge >= 0.3 is 0 Å². The van der Waals surface area contributed by atoms with Crippen molar-refractivity contribution in [3.05, 3.63) is 35.7 Å². The number of rotatable bonds is 7. The molecule has 1 unspecified atom stereocenters. The van der Waals surface area contributed by atoms with Gasteiger partial charge in [-0.25, -0.2) is 0 Å². The Labute approximate surface area is 195 Å². The van der Waals surface area contributed by atoms with Gasteiger partial charge in [-0.15, -0.1) is 24.0 Å². The molecule has 30 heavy (non-hydrogen) atoms. The molecule has 2 heterocycles. The summed E-state index contributed by atoms with van der Waals surface area (Å²) in [4.78, 5) is 6.78. The number of methoxy groups -OCH3 is 3. The molecule has 3 rings (SSSR count). The van der Waals surface area contributed by atoms with Crippen LogP contribution in [-0.2, 0) is 13.5 Å². The summed E-state index contributed by atoms with van der Waals surface area (Å²) in [5.74, 6) is 3.64. The van der Waals surface area contributed by atoms with Crippen molar-refractivity contribution in [2.75, 3.05) is 48.0 Å². The second kappa shape index (κ2) is 11.3. The van der Waals surface area contributed by atoms with Gasteiger partial charge in [0.05, 0.1) is 27.5 Å². The number of aliphatic imine (C=N–C) groups is 1. The number of aryl methyl sites for hydroxylation is 1. The molecular weight excluding hydrogens is 497 g/mol. The molecule has 1 aliphatic heterocycles. The van der Waals surface area contributed by atoms with Crippen LogP contribution in [0.15, 0.2) is 29.5 Å². The first kappa shape index (κ1) is 24.1. The van der Waals surface area contributed by atoms with Crippen LogP contribution in [-0.4, -0.2) is 68.7 Å². The highest BCUT2D eigenvalue weighted by Gasteiger charge is 2.27. The van der Waals surface area contributed by atoms with Gasteiger partial charge < -0.3 is 24.4 Å². The Morgan fingerprint density at radius 2 is 1.90 bits per heavy atom. The van der Waals surface area contributed by atoms with Gasteiger partial charge in [-0.2, -0.15) is 5.10 Å². The van der Waals surface area contributed by atoms with E-state index in [1.807, 2.05) is 37.1 Å². The molecule has 0 spiro atoms. The van der Waals surface area contributed by atoms with Crippen molar-refractivity contribution < 1.29 is 14.2 Å². The molecule has 8 nitrogen and oxygen atoms in total. The Kier molecular flexibility index (Phi) is 9.07. The van der Waals surface area contributed by atoms with Gasteiger partial charge in [0.25, 0.3) is 0 Å². The van der Waals surface area contributed by atoms with Crippen LogP contribution in [0, 0.1) is 0 Å². The van der Waals surface area contributed by atoms with Crippen LogP contribution in [0.5, 0.6) is 17.2 Å². The largest absolute Gasteiger partial charge is 0.496 e. The Bertz CT molecular complexity index is 830. The monoisotopic (exact) mass is 529 g/mol. The Morgan fingerprint density at radius 3 is 2.43 bits per heavy atom. The molecule has 1 aromatic carbocycles. The van der Waals surface area contributed by atoms with Crippen molar-refractivity contribution >= 4 is 29.9 Å². The van der Waals surface area contributed by atoms with Crippen LogP contribution in [0.4, 0.5) is 0 Å². The summed E-state index contributed by atoms with van der Waals surface area (Å²) < 4.78 is 18.3. The third-order valence-corrected chi connectivity index (χ3v) is 5.37. The average Bonchev–Trinajstić information content (AvgIpc) is 3.40. The molecule has 1 atom stereocenters. The third kappa shape index (κ3) is 5.50. The minimum Gasteiger partial charge on any atom is -0.496 e. The number of hydrogen-bond donors (Lipinski definition) is 1. The molecule has 0 amide bonds. The molecule has 1 saturated heterocycles. The van der Waals surface area contributed by atoms with Gasteiger partial charge in [0.2, 0.25) is 0 Å². The normalized spacial score (nSPS) is 16.2. The quantitative estimate of drug-likeness (QED) is 0.338. The highest BCUT2D eigenvalue weighted by atomic mass is 127. The second-order valence-electron chi connectivity index (χ2n) is 7.11. The number of likely N-dealkylation sites (tertiary alicyclic amines) is 1. The summed E-state index contributed by atoms with van der Waals surface area (Å²) in [6, 6.07) is 3.76. The van der Waals surface area contributed by atoms with E-state index < -0.39 is 0 Å². The van der Waals surface area contributed by atoms with Gasteiger partial charge in [-0.3, -0.25) is 9.67 Å². The number of guanidine groups is 1. The van der Waals surface area contributed by atoms with Gasteiger partial charge in [0, 0.05) is 63.5 Å². The lowest BCUT2D eigenvalue weighted by atomic mass is 10.0. The molecule has 1 fully saturated rings. The zero-order valence-electron chi connectivity index (χ0n) is 18.3. The molecule has 1 aliphatic rings. The lowest BCUT2D eigenvalue weighted by Gasteiger charge is -2.22. The van der Waals surface area contributed by atoms with Crippen LogP contribution < -0.4 is 19.5 Å². The molecule has 1 aromatic heterocycles. The van der Waals surface area contributed by atoms with E-state index in [9.17, 15) is 0 Å². The van der Waals surface area contributed by atoms with Gasteiger partial charge in [0.1, 0.15) is 17.2 Å². The summed E-state index contributed by atoms with van der Waals surface area (Å²) in [5, 5.41) is 7.78. The van der Waals surface area contributed by atoms with Crippen LogP contribution >= 0.6 is 24.0 Å². The number of ether oxygens (including phenoxy) is 3. The molecule has 0 radical (unpaired) electrons. The van der Waals surface area contributed by atoms with E-state index in [1.165, 1.54) is 5.56 Å². The van der Waals surface area contributed by atoms with Crippen LogP contribution in [0.1, 0.15) is 23.5 Å². The second-order valence-corrected chi connectivity index (χ2v) is 7.11. The summed E-state index contributed by atoms with van der Waals surface area (Å²) in [6.07, 6.45) is 5.92. The van der Waals surface area contributed by atoms with E-state index in [0.29, 0.717) is 11.7 Å². The summed E-state index contributed by atoms with van der Waals surface area (Å²) in [6.45, 7) is 2.65. The molecular formula is C21H32IN5O3. The lowest BCUT2D eigenvalue weighted by molar-refractivity contribution is 0.368. The zero-order valence-corrected chi connectivity index (χ0v) is 20.7. The van der Waals surface area contributed by atoms with Crippen LogP contribution in [0.3, 0.4) is 0 Å². The molecule has 166 valence electrons. The van der Waals surface area contributed by atoms with Gasteiger partial charge in [-0.1, -0.05) is 0 Å². The fourth-order valence-electron chi connectivity index (χ4n) is 3.83. The maximum Gasteiger partial charge on any atom is 0.193 e. The number of benzene rings is 1. The summed E-state index contributed by atoms with van der Waals surface area (Å²) in [7, 11) is 8.74. The van der Waals surface area contributed by atoms with Crippen molar-refractivity contribution in [2.24, 2.45) is 12.0 Å². The van der Waals surface area contributed by atoms with Gasteiger partial charge in [-0.05, 0) is 18.4 Å². The predicted molar refractivity (Wildman–Crippen MR) is 129 cm³/mol. The first-order chi connectivity index (χ1) is 14.1. The van der Waals surface area contributed by atoms with Crippen molar-refractivity contribution in [2.45, 2.75) is 18.8 Å². The number of nitrogens with one attached hydrogen (secondary N) is 1. The van der Waals surface area contributed by atoms with Crippen LogP contribution in [0.25, 0.3) is 0 Å². The van der Waals surface area contributed by atoms with Crippen molar-refractivity contribution in [3.63, 3.8) is 0 Å². The van der Waals surface area contributed by atoms with Crippen molar-refractivity contribution in [3.8, 4) is 17.2 Å². The van der Waals surface area contributed by atoms with E-state index in [1.54, 1.807) is 21.3 Å². The minimum absolute atomic E-state index is 0. The van der Waals surface area contributed by atoms with Crippen molar-refractivity contribution in [1.29, 1.82) is 0 Å². The van der Waals surface area contributed by atoms with Crippen molar-refractivity contribution in [1.82, 2.24) is 20.0 Å². The standard InChI is InChI=1S/C21H31N5O3.HI/c1-22-21(26-9-7-15(14-26)16-12-24-25(2)13-16)23-8-6-18-19(28-4)10-17(27-3)11-20(18)29-5;/h10-13,15H,6-9,14H2,1-5H3,(H,22,23);1H. The number of nitrogens with zero attached hydrogens (tertiary/aromatic N) is 4. The Balaban J connectivity index is 0.00000320. The number of halogens is 1. The van der Waals surface area contributed by atoms with Gasteiger partial charge in [0.15, 0.2) is 5.96 Å². The van der Waals surface area contributed by atoms with E-state index in [4.69, 9.17) is 14.2 Å². The van der Waals surface area contributed by atoms with E-state index >= 15 is 0 Å². The smallest absolute Gasteiger partial charge is 0.193 e. The van der Waals surface area contributed by atoms with E-state index in [-0.39, 0.29) is 24.0 Å². The number of hydrogen-bond acceptors (Lipinski definition) is 5. The Hall–Kier alpha value is -2.17. The summed E-state index contributed by atoms with van der Waals surface area (Å²) >= 11 is 0. The lowest BCUT2D eigenvalue weighted by Crippen LogP contribution is -2.40. The summed E-state index contributed by atoms with van der Waals surface area (Å²) in [5.41, 5.74) is 2.30. The molecule has 0 aliphatic carbocycles. The molecule has 2 aromatic rings. The van der Waals surface area contributed by atoms with Crippen LogP contribution in [0.2, 0.25) is 0 Å². The molecule has 9 heteroatoms. The maximum absolute atomic E-state index is 5.54. The third-order valence-electron chi connectivity index (χ3n) is 5.37. The fraction of sp³-hybridized carbons (Fsp3) is 0.524. The highest BCUT2D eigenvalue weighted by Crippen LogP contribution is 2.34. The highest BCUT2D eigenvalue weighted by molar-refractivity contribution is 14.0.